The molecule has 0 radical (unpaired) electrons. The van der Waals surface area contributed by atoms with E-state index in [1.165, 1.54) is 0 Å². The van der Waals surface area contributed by atoms with Crippen LogP contribution in [0.25, 0.3) is 5.57 Å². The second-order valence-electron chi connectivity index (χ2n) is 6.32. The Bertz CT molecular complexity index is 695. The predicted molar refractivity (Wildman–Crippen MR) is 104 cm³/mol. The monoisotopic (exact) mass is 375 g/mol. The van der Waals surface area contributed by atoms with Gasteiger partial charge >= 0.3 is 5.97 Å². The van der Waals surface area contributed by atoms with E-state index in [1.807, 2.05) is 36.4 Å². The fourth-order valence-corrected chi connectivity index (χ4v) is 3.36. The minimum atomic E-state index is -1.05. The molecule has 1 saturated heterocycles. The molecule has 1 aliphatic heterocycles. The fraction of sp³-hybridized carbons (Fsp3) is 0.286. The molecule has 3 rings (SSSR count). The van der Waals surface area contributed by atoms with E-state index >= 15 is 0 Å². The SMILES string of the molecule is Cl.O=C(O)[C@@H]1C[C@@H](F)CN1CCC=C(c1ccccc1)c1ccccc1. The molecule has 0 saturated carbocycles. The molecular weight excluding hydrogens is 353 g/mol. The summed E-state index contributed by atoms with van der Waals surface area (Å²) < 4.78 is 13.6. The van der Waals surface area contributed by atoms with Crippen LogP contribution < -0.4 is 0 Å². The van der Waals surface area contributed by atoms with Gasteiger partial charge in [0, 0.05) is 19.5 Å². The summed E-state index contributed by atoms with van der Waals surface area (Å²) in [6.07, 6.45) is 1.83. The number of nitrogens with zero attached hydrogens (tertiary/aromatic N) is 1. The van der Waals surface area contributed by atoms with Gasteiger partial charge in [-0.2, -0.15) is 0 Å². The zero-order valence-corrected chi connectivity index (χ0v) is 15.2. The highest BCUT2D eigenvalue weighted by Gasteiger charge is 2.36. The molecule has 5 heteroatoms. The summed E-state index contributed by atoms with van der Waals surface area (Å²) in [7, 11) is 0. The van der Waals surface area contributed by atoms with Crippen molar-refractivity contribution in [3.05, 3.63) is 77.9 Å². The molecule has 0 spiro atoms. The standard InChI is InChI=1S/C21H22FNO2.ClH/c22-18-14-20(21(24)25)23(15-18)13-7-12-19(16-8-3-1-4-9-16)17-10-5-2-6-11-17;/h1-6,8-12,18,20H,7,13-15H2,(H,24,25);1H/t18-,20+;/m1./s1. The van der Waals surface area contributed by atoms with Crippen LogP contribution in [0.5, 0.6) is 0 Å². The van der Waals surface area contributed by atoms with Crippen LogP contribution in [0.4, 0.5) is 4.39 Å². The number of benzene rings is 2. The molecule has 26 heavy (non-hydrogen) atoms. The van der Waals surface area contributed by atoms with Crippen molar-refractivity contribution in [1.82, 2.24) is 4.90 Å². The summed E-state index contributed by atoms with van der Waals surface area (Å²) in [5.74, 6) is -0.935. The number of carboxylic acid groups (broad SMARTS) is 1. The molecular formula is C21H23ClFNO2. The molecule has 3 nitrogen and oxygen atoms in total. The van der Waals surface area contributed by atoms with Gasteiger partial charge in [0.2, 0.25) is 0 Å². The number of carboxylic acids is 1. The molecule has 1 aliphatic rings. The lowest BCUT2D eigenvalue weighted by Gasteiger charge is -2.20. The van der Waals surface area contributed by atoms with Gasteiger partial charge in [0.25, 0.3) is 0 Å². The van der Waals surface area contributed by atoms with E-state index < -0.39 is 18.2 Å². The fourth-order valence-electron chi connectivity index (χ4n) is 3.36. The van der Waals surface area contributed by atoms with Crippen molar-refractivity contribution >= 4 is 23.9 Å². The number of likely N-dealkylation sites (tertiary alicyclic amines) is 1. The zero-order chi connectivity index (χ0) is 17.6. The van der Waals surface area contributed by atoms with Crippen molar-refractivity contribution in [1.29, 1.82) is 0 Å². The van der Waals surface area contributed by atoms with E-state index in [2.05, 4.69) is 30.3 Å². The van der Waals surface area contributed by atoms with Gasteiger partial charge in [-0.25, -0.2) is 4.39 Å². The highest BCUT2D eigenvalue weighted by atomic mass is 35.5. The smallest absolute Gasteiger partial charge is 0.321 e. The number of hydrogen-bond acceptors (Lipinski definition) is 2. The first-order valence-corrected chi connectivity index (χ1v) is 8.57. The summed E-state index contributed by atoms with van der Waals surface area (Å²) >= 11 is 0. The second kappa shape index (κ2) is 9.51. The minimum absolute atomic E-state index is 0. The van der Waals surface area contributed by atoms with Crippen LogP contribution in [0.3, 0.4) is 0 Å². The average Bonchev–Trinajstić information content (AvgIpc) is 3.01. The normalized spacial score (nSPS) is 19.6. The van der Waals surface area contributed by atoms with Gasteiger partial charge in [0.1, 0.15) is 12.2 Å². The highest BCUT2D eigenvalue weighted by Crippen LogP contribution is 2.25. The van der Waals surface area contributed by atoms with E-state index in [0.29, 0.717) is 13.0 Å². The number of rotatable bonds is 6. The molecule has 138 valence electrons. The molecule has 0 amide bonds. The second-order valence-corrected chi connectivity index (χ2v) is 6.32. The molecule has 1 N–H and O–H groups in total. The Hall–Kier alpha value is -2.17. The molecule has 1 heterocycles. The summed E-state index contributed by atoms with van der Waals surface area (Å²) in [4.78, 5) is 13.0. The molecule has 1 fully saturated rings. The van der Waals surface area contributed by atoms with E-state index in [9.17, 15) is 14.3 Å². The Balaban J connectivity index is 0.00000243. The summed E-state index contributed by atoms with van der Waals surface area (Å²) in [5.41, 5.74) is 3.35. The predicted octanol–water partition coefficient (Wildman–Crippen LogP) is 4.43. The maximum atomic E-state index is 13.6. The maximum Gasteiger partial charge on any atom is 0.321 e. The van der Waals surface area contributed by atoms with Crippen LogP contribution in [-0.2, 0) is 4.79 Å². The van der Waals surface area contributed by atoms with E-state index in [4.69, 9.17) is 0 Å². The van der Waals surface area contributed by atoms with Gasteiger partial charge in [0.15, 0.2) is 0 Å². The number of hydrogen-bond donors (Lipinski definition) is 1. The van der Waals surface area contributed by atoms with Crippen LogP contribution in [0, 0.1) is 0 Å². The van der Waals surface area contributed by atoms with Gasteiger partial charge in [0.05, 0.1) is 0 Å². The number of alkyl halides is 1. The van der Waals surface area contributed by atoms with Crippen LogP contribution in [0.15, 0.2) is 66.7 Å². The lowest BCUT2D eigenvalue weighted by Crippen LogP contribution is -2.36. The topological polar surface area (TPSA) is 40.5 Å². The van der Waals surface area contributed by atoms with E-state index in [1.54, 1.807) is 4.90 Å². The molecule has 0 aliphatic carbocycles. The van der Waals surface area contributed by atoms with Crippen LogP contribution in [-0.4, -0.2) is 41.3 Å². The van der Waals surface area contributed by atoms with E-state index in [-0.39, 0.29) is 25.4 Å². The zero-order valence-electron chi connectivity index (χ0n) is 14.4. The van der Waals surface area contributed by atoms with Gasteiger partial charge in [-0.15, -0.1) is 12.4 Å². The van der Waals surface area contributed by atoms with Crippen molar-refractivity contribution in [2.75, 3.05) is 13.1 Å². The Morgan fingerprint density at radius 2 is 1.62 bits per heavy atom. The highest BCUT2D eigenvalue weighted by molar-refractivity contribution is 5.85. The van der Waals surface area contributed by atoms with Gasteiger partial charge in [-0.05, 0) is 23.1 Å². The van der Waals surface area contributed by atoms with Crippen molar-refractivity contribution in [3.8, 4) is 0 Å². The van der Waals surface area contributed by atoms with Crippen molar-refractivity contribution in [2.45, 2.75) is 25.1 Å². The molecule has 0 unspecified atom stereocenters. The summed E-state index contributed by atoms with van der Waals surface area (Å²) in [6, 6.07) is 19.5. The Morgan fingerprint density at radius 3 is 2.12 bits per heavy atom. The lowest BCUT2D eigenvalue weighted by atomic mass is 9.97. The average molecular weight is 376 g/mol. The third-order valence-corrected chi connectivity index (χ3v) is 4.57. The van der Waals surface area contributed by atoms with Crippen LogP contribution in [0.1, 0.15) is 24.0 Å². The molecule has 2 aromatic carbocycles. The largest absolute Gasteiger partial charge is 0.480 e. The van der Waals surface area contributed by atoms with Gasteiger partial charge < -0.3 is 5.11 Å². The number of carbonyl (C=O) groups is 1. The van der Waals surface area contributed by atoms with Gasteiger partial charge in [-0.3, -0.25) is 9.69 Å². The lowest BCUT2D eigenvalue weighted by molar-refractivity contribution is -0.142. The number of aliphatic carboxylic acids is 1. The Morgan fingerprint density at radius 1 is 1.08 bits per heavy atom. The summed E-state index contributed by atoms with van der Waals surface area (Å²) in [5, 5.41) is 9.24. The molecule has 0 aromatic heterocycles. The Labute approximate surface area is 159 Å². The molecule has 0 bridgehead atoms. The first-order valence-electron chi connectivity index (χ1n) is 8.57. The third kappa shape index (κ3) is 4.93. The van der Waals surface area contributed by atoms with Crippen LogP contribution in [0.2, 0.25) is 0 Å². The maximum absolute atomic E-state index is 13.6. The third-order valence-electron chi connectivity index (χ3n) is 4.57. The van der Waals surface area contributed by atoms with E-state index in [0.717, 1.165) is 16.7 Å². The van der Waals surface area contributed by atoms with Crippen molar-refractivity contribution in [3.63, 3.8) is 0 Å². The molecule has 2 aromatic rings. The van der Waals surface area contributed by atoms with Gasteiger partial charge in [-0.1, -0.05) is 66.7 Å². The Kier molecular flexibility index (Phi) is 7.37. The quantitative estimate of drug-likeness (QED) is 0.812. The van der Waals surface area contributed by atoms with Crippen LogP contribution >= 0.6 is 12.4 Å². The summed E-state index contributed by atoms with van der Waals surface area (Å²) in [6.45, 7) is 0.747. The first kappa shape index (κ1) is 20.1. The minimum Gasteiger partial charge on any atom is -0.480 e. The number of halogens is 2. The van der Waals surface area contributed by atoms with Crippen molar-refractivity contribution in [2.24, 2.45) is 0 Å². The van der Waals surface area contributed by atoms with Crippen molar-refractivity contribution < 1.29 is 14.3 Å². The molecule has 2 atom stereocenters. The first-order chi connectivity index (χ1) is 12.1.